The second-order valence-electron chi connectivity index (χ2n) is 5.26. The average Bonchev–Trinajstić information content (AvgIpc) is 3.03. The van der Waals surface area contributed by atoms with Gasteiger partial charge >= 0.3 is 6.09 Å². The Hall–Kier alpha value is -1.66. The number of ether oxygens (including phenoxy) is 1. The van der Waals surface area contributed by atoms with E-state index in [1.165, 1.54) is 0 Å². The Morgan fingerprint density at radius 3 is 3.20 bits per heavy atom. The van der Waals surface area contributed by atoms with Crippen molar-refractivity contribution in [2.75, 3.05) is 13.2 Å². The summed E-state index contributed by atoms with van der Waals surface area (Å²) < 4.78 is 5.11. The number of fused-ring (bicyclic) bond motifs is 2. The first-order valence-electron chi connectivity index (χ1n) is 6.61. The predicted molar refractivity (Wildman–Crippen MR) is 68.7 cm³/mol. The highest BCUT2D eigenvalue weighted by molar-refractivity contribution is 5.82. The van der Waals surface area contributed by atoms with Gasteiger partial charge in [0, 0.05) is 12.5 Å². The summed E-state index contributed by atoms with van der Waals surface area (Å²) in [6.07, 6.45) is 9.38. The molecule has 0 aromatic rings. The molecule has 1 N–H and O–H groups in total. The molecule has 4 aliphatic rings. The lowest BCUT2D eigenvalue weighted by molar-refractivity contribution is -0.682. The first-order chi connectivity index (χ1) is 9.33. The van der Waals surface area contributed by atoms with Gasteiger partial charge < -0.3 is 22.0 Å². The van der Waals surface area contributed by atoms with Crippen molar-refractivity contribution in [2.24, 2.45) is 15.9 Å². The van der Waals surface area contributed by atoms with Gasteiger partial charge in [0.25, 0.3) is 0 Å². The molecule has 0 aromatic heterocycles. The van der Waals surface area contributed by atoms with Crippen molar-refractivity contribution >= 4 is 18.6 Å². The van der Waals surface area contributed by atoms with Gasteiger partial charge in [-0.05, 0) is 12.8 Å². The van der Waals surface area contributed by atoms with Crippen molar-refractivity contribution in [2.45, 2.75) is 18.9 Å². The van der Waals surface area contributed by atoms with E-state index in [1.807, 2.05) is 23.7 Å². The highest BCUT2D eigenvalue weighted by atomic mass is 35.5. The van der Waals surface area contributed by atoms with E-state index in [4.69, 9.17) is 4.74 Å². The molecular weight excluding hydrogens is 280 g/mol. The number of piperidine rings is 1. The first-order valence-corrected chi connectivity index (χ1v) is 6.61. The normalized spacial score (nSPS) is 33.9. The van der Waals surface area contributed by atoms with Gasteiger partial charge in [0.1, 0.15) is 18.5 Å². The van der Waals surface area contributed by atoms with E-state index in [2.05, 4.69) is 9.98 Å². The van der Waals surface area contributed by atoms with Gasteiger partial charge in [-0.15, -0.1) is 0 Å². The first kappa shape index (κ1) is 13.3. The molecule has 106 valence electrons. The van der Waals surface area contributed by atoms with E-state index in [-0.39, 0.29) is 24.5 Å². The third-order valence-electron chi connectivity index (χ3n) is 4.20. The molecule has 4 rings (SSSR count). The standard InChI is InChI=1S/C13H14N4O2.ClH/c18-13-17-6-9(1-2-10(17)7-19-13)12-11-5-14-3-4-16(11)8-15-12;/h3-5,8-10H,1-2,6-7H2;1H/t9-,10+;/m0./s1. The third-order valence-corrected chi connectivity index (χ3v) is 4.20. The Kier molecular flexibility index (Phi) is 3.35. The summed E-state index contributed by atoms with van der Waals surface area (Å²) in [5.74, 6) is 0.295. The minimum Gasteiger partial charge on any atom is -1.00 e. The molecule has 0 saturated carbocycles. The zero-order valence-electron chi connectivity index (χ0n) is 10.8. The van der Waals surface area contributed by atoms with Crippen LogP contribution >= 0.6 is 0 Å². The fraction of sp³-hybridized carbons (Fsp3) is 0.462. The number of nitrogens with zero attached hydrogens (tertiary/aromatic N) is 3. The van der Waals surface area contributed by atoms with Gasteiger partial charge in [-0.3, -0.25) is 4.99 Å². The molecule has 0 spiro atoms. The van der Waals surface area contributed by atoms with Crippen molar-refractivity contribution in [1.82, 2.24) is 4.90 Å². The van der Waals surface area contributed by atoms with Gasteiger partial charge in [0.15, 0.2) is 12.0 Å². The number of amides is 1. The molecule has 2 saturated heterocycles. The molecule has 0 aromatic carbocycles. The van der Waals surface area contributed by atoms with Crippen LogP contribution in [0.1, 0.15) is 12.8 Å². The van der Waals surface area contributed by atoms with Crippen molar-refractivity contribution in [3.05, 3.63) is 23.8 Å². The number of carbonyl (C=O) groups is 1. The molecule has 0 radical (unpaired) electrons. The number of aliphatic imine (C=N–C) groups is 2. The van der Waals surface area contributed by atoms with E-state index >= 15 is 0 Å². The number of hydrogen-bond acceptors (Lipinski definition) is 4. The Bertz CT molecular complexity index is 555. The molecule has 2 fully saturated rings. The van der Waals surface area contributed by atoms with Crippen molar-refractivity contribution in [3.8, 4) is 0 Å². The minimum atomic E-state index is -0.177. The van der Waals surface area contributed by atoms with Gasteiger partial charge in [0.05, 0.1) is 18.5 Å². The van der Waals surface area contributed by atoms with Crippen LogP contribution in [-0.4, -0.2) is 42.7 Å². The summed E-state index contributed by atoms with van der Waals surface area (Å²) in [5, 5.41) is 0. The number of cyclic esters (lactones) is 1. The molecule has 0 bridgehead atoms. The van der Waals surface area contributed by atoms with E-state index < -0.39 is 0 Å². The molecule has 4 aliphatic heterocycles. The third kappa shape index (κ3) is 1.96. The van der Waals surface area contributed by atoms with E-state index in [0.29, 0.717) is 19.1 Å². The summed E-state index contributed by atoms with van der Waals surface area (Å²) in [6.45, 7) is 1.26. The number of carbonyl (C=O) groups excluding carboxylic acids is 1. The summed E-state index contributed by atoms with van der Waals surface area (Å²) >= 11 is 0. The van der Waals surface area contributed by atoms with Crippen LogP contribution in [0.25, 0.3) is 0 Å². The van der Waals surface area contributed by atoms with Crippen LogP contribution in [0.15, 0.2) is 33.8 Å². The monoisotopic (exact) mass is 294 g/mol. The lowest BCUT2D eigenvalue weighted by Crippen LogP contribution is -3.04. The highest BCUT2D eigenvalue weighted by Crippen LogP contribution is 2.32. The molecule has 6 nitrogen and oxygen atoms in total. The smallest absolute Gasteiger partial charge is 0.410 e. The van der Waals surface area contributed by atoms with E-state index in [1.54, 1.807) is 6.20 Å². The molecule has 3 atom stereocenters. The molecular formula is C13H15ClN4O2. The van der Waals surface area contributed by atoms with Crippen molar-refractivity contribution in [1.29, 1.82) is 0 Å². The van der Waals surface area contributed by atoms with Gasteiger partial charge in [0.2, 0.25) is 0 Å². The van der Waals surface area contributed by atoms with Gasteiger partial charge in [-0.2, -0.15) is 0 Å². The maximum absolute atomic E-state index is 11.7. The number of nitrogens with one attached hydrogen (secondary N) is 1. The molecule has 4 heterocycles. The largest absolute Gasteiger partial charge is 1.00 e. The zero-order valence-corrected chi connectivity index (χ0v) is 11.6. The number of halogens is 1. The molecule has 7 heteroatoms. The summed E-state index contributed by atoms with van der Waals surface area (Å²) in [7, 11) is 0. The van der Waals surface area contributed by atoms with Crippen LogP contribution in [0.3, 0.4) is 0 Å². The molecule has 0 aliphatic carbocycles. The Morgan fingerprint density at radius 2 is 2.30 bits per heavy atom. The maximum Gasteiger partial charge on any atom is 0.410 e. The lowest BCUT2D eigenvalue weighted by Gasteiger charge is -2.32. The summed E-state index contributed by atoms with van der Waals surface area (Å²) in [4.78, 5) is 23.3. The van der Waals surface area contributed by atoms with Crippen LogP contribution in [0.2, 0.25) is 0 Å². The Balaban J connectivity index is 0.00000121. The van der Waals surface area contributed by atoms with Gasteiger partial charge in [-0.25, -0.2) is 14.7 Å². The SMILES string of the molecule is O=C1OC[C@H]2CC[C@H](C3=C4C=NC=C[NH+]4C=N3)CN12.[Cl-]. The highest BCUT2D eigenvalue weighted by Gasteiger charge is 2.41. The van der Waals surface area contributed by atoms with Gasteiger partial charge in [-0.1, -0.05) is 0 Å². The van der Waals surface area contributed by atoms with Crippen LogP contribution in [0.5, 0.6) is 0 Å². The topological polar surface area (TPSA) is 58.7 Å². The van der Waals surface area contributed by atoms with Crippen LogP contribution in [0.4, 0.5) is 4.79 Å². The van der Waals surface area contributed by atoms with Crippen LogP contribution < -0.4 is 17.3 Å². The van der Waals surface area contributed by atoms with E-state index in [9.17, 15) is 4.79 Å². The van der Waals surface area contributed by atoms with Crippen LogP contribution in [0, 0.1) is 5.92 Å². The summed E-state index contributed by atoms with van der Waals surface area (Å²) in [6, 6.07) is 0.267. The van der Waals surface area contributed by atoms with Crippen molar-refractivity contribution < 1.29 is 26.8 Å². The molecule has 1 amide bonds. The molecule has 1 unspecified atom stereocenters. The Morgan fingerprint density at radius 1 is 1.40 bits per heavy atom. The summed E-state index contributed by atoms with van der Waals surface area (Å²) in [5.41, 5.74) is 2.18. The number of quaternary nitrogens is 1. The number of hydrogen-bond donors (Lipinski definition) is 1. The second kappa shape index (κ2) is 5.03. The van der Waals surface area contributed by atoms with E-state index in [0.717, 1.165) is 29.1 Å². The number of rotatable bonds is 1. The second-order valence-corrected chi connectivity index (χ2v) is 5.26. The maximum atomic E-state index is 11.7. The zero-order chi connectivity index (χ0) is 12.8. The fourth-order valence-corrected chi connectivity index (χ4v) is 3.16. The molecule has 20 heavy (non-hydrogen) atoms. The van der Waals surface area contributed by atoms with Crippen molar-refractivity contribution in [3.63, 3.8) is 0 Å². The Labute approximate surface area is 122 Å². The average molecular weight is 295 g/mol. The number of allylic oxidation sites excluding steroid dienone is 1. The predicted octanol–water partition coefficient (Wildman–Crippen LogP) is -3.08. The lowest BCUT2D eigenvalue weighted by atomic mass is 9.90. The van der Waals surface area contributed by atoms with Crippen LogP contribution in [-0.2, 0) is 4.74 Å². The minimum absolute atomic E-state index is 0. The quantitative estimate of drug-likeness (QED) is 0.557. The fourth-order valence-electron chi connectivity index (χ4n) is 3.16.